The summed E-state index contributed by atoms with van der Waals surface area (Å²) in [5.74, 6) is 0.661. The van der Waals surface area contributed by atoms with Gasteiger partial charge < -0.3 is 15.2 Å². The van der Waals surface area contributed by atoms with Crippen molar-refractivity contribution in [3.05, 3.63) is 59.3 Å². The highest BCUT2D eigenvalue weighted by Gasteiger charge is 2.35. The fraction of sp³-hybridized carbons (Fsp3) is 0.400. The Hall–Kier alpha value is -2.40. The molecule has 132 valence electrons. The van der Waals surface area contributed by atoms with Gasteiger partial charge in [0.05, 0.1) is 7.11 Å². The molecule has 0 saturated heterocycles. The van der Waals surface area contributed by atoms with Crippen molar-refractivity contribution in [3.63, 3.8) is 0 Å². The zero-order valence-electron chi connectivity index (χ0n) is 14.7. The lowest BCUT2D eigenvalue weighted by Gasteiger charge is -2.26. The van der Waals surface area contributed by atoms with Crippen molar-refractivity contribution >= 4 is 5.91 Å². The third-order valence-corrected chi connectivity index (χ3v) is 4.77. The fourth-order valence-electron chi connectivity index (χ4n) is 3.00. The van der Waals surface area contributed by atoms with E-state index in [4.69, 9.17) is 4.74 Å². The smallest absolute Gasteiger partial charge is 0.256 e. The van der Waals surface area contributed by atoms with Gasteiger partial charge in [-0.15, -0.1) is 0 Å². The number of methoxy groups -OCH3 is 1. The largest absolute Gasteiger partial charge is 0.481 e. The van der Waals surface area contributed by atoms with Gasteiger partial charge >= 0.3 is 0 Å². The molecule has 1 aromatic heterocycles. The number of ether oxygens (including phenoxy) is 1. The molecule has 1 aliphatic carbocycles. The van der Waals surface area contributed by atoms with Gasteiger partial charge in [0.25, 0.3) is 5.91 Å². The third-order valence-electron chi connectivity index (χ3n) is 4.77. The maximum Gasteiger partial charge on any atom is 0.256 e. The molecule has 5 heteroatoms. The van der Waals surface area contributed by atoms with E-state index in [-0.39, 0.29) is 6.54 Å². The van der Waals surface area contributed by atoms with Crippen molar-refractivity contribution < 1.29 is 14.6 Å². The molecule has 0 radical (unpaired) electrons. The molecule has 0 bridgehead atoms. The first kappa shape index (κ1) is 17.4. The van der Waals surface area contributed by atoms with Crippen LogP contribution in [0.4, 0.5) is 0 Å². The van der Waals surface area contributed by atoms with Crippen LogP contribution in [-0.2, 0) is 16.9 Å². The van der Waals surface area contributed by atoms with E-state index in [9.17, 15) is 9.90 Å². The second-order valence-corrected chi connectivity index (χ2v) is 6.47. The molecule has 1 amide bonds. The van der Waals surface area contributed by atoms with E-state index in [1.165, 1.54) is 18.4 Å². The molecule has 2 aromatic rings. The molecule has 0 aliphatic heterocycles. The number of amides is 1. The number of aliphatic hydroxyl groups is 1. The molecular formula is C20H24N2O3. The number of aromatic nitrogens is 1. The quantitative estimate of drug-likeness (QED) is 0.813. The minimum atomic E-state index is -1.55. The van der Waals surface area contributed by atoms with Crippen LogP contribution in [0.2, 0.25) is 0 Å². The van der Waals surface area contributed by atoms with Crippen molar-refractivity contribution in [3.8, 4) is 5.88 Å². The number of carbonyl (C=O) groups is 1. The minimum Gasteiger partial charge on any atom is -0.481 e. The van der Waals surface area contributed by atoms with Crippen LogP contribution in [0.3, 0.4) is 0 Å². The van der Waals surface area contributed by atoms with Gasteiger partial charge in [-0.3, -0.25) is 4.79 Å². The number of nitrogens with one attached hydrogen (secondary N) is 1. The SMILES string of the molecule is CCC(O)(C(=O)NCc1cc(C2CC2)cnc1OC)c1ccccc1. The number of benzene rings is 1. The molecule has 1 unspecified atom stereocenters. The van der Waals surface area contributed by atoms with Crippen LogP contribution in [0.25, 0.3) is 0 Å². The molecule has 1 fully saturated rings. The number of rotatable bonds is 7. The molecule has 5 nitrogen and oxygen atoms in total. The summed E-state index contributed by atoms with van der Waals surface area (Å²) in [5.41, 5.74) is 1.05. The van der Waals surface area contributed by atoms with E-state index >= 15 is 0 Å². The predicted molar refractivity (Wildman–Crippen MR) is 95.2 cm³/mol. The molecule has 1 atom stereocenters. The van der Waals surface area contributed by atoms with Crippen molar-refractivity contribution in [1.82, 2.24) is 10.3 Å². The Labute approximate surface area is 148 Å². The Morgan fingerprint density at radius 3 is 2.68 bits per heavy atom. The summed E-state index contributed by atoms with van der Waals surface area (Å²) in [6.07, 6.45) is 4.50. The maximum atomic E-state index is 12.7. The van der Waals surface area contributed by atoms with E-state index in [0.29, 0.717) is 23.8 Å². The van der Waals surface area contributed by atoms with E-state index in [1.54, 1.807) is 26.2 Å². The van der Waals surface area contributed by atoms with Crippen LogP contribution in [0.15, 0.2) is 42.6 Å². The summed E-state index contributed by atoms with van der Waals surface area (Å²) in [6.45, 7) is 2.06. The molecular weight excluding hydrogens is 316 g/mol. The van der Waals surface area contributed by atoms with Gasteiger partial charge in [-0.2, -0.15) is 0 Å². The van der Waals surface area contributed by atoms with Crippen molar-refractivity contribution in [2.24, 2.45) is 0 Å². The first-order valence-corrected chi connectivity index (χ1v) is 8.67. The van der Waals surface area contributed by atoms with Gasteiger partial charge in [0.15, 0.2) is 5.60 Å². The first-order chi connectivity index (χ1) is 12.1. The first-order valence-electron chi connectivity index (χ1n) is 8.67. The van der Waals surface area contributed by atoms with Crippen LogP contribution in [0.1, 0.15) is 48.8 Å². The molecule has 1 aliphatic rings. The predicted octanol–water partition coefficient (Wildman–Crippen LogP) is 2.88. The highest BCUT2D eigenvalue weighted by Crippen LogP contribution is 2.40. The Morgan fingerprint density at radius 1 is 1.36 bits per heavy atom. The van der Waals surface area contributed by atoms with Gasteiger partial charge in [0.2, 0.25) is 5.88 Å². The third kappa shape index (κ3) is 3.66. The monoisotopic (exact) mass is 340 g/mol. The normalized spacial score (nSPS) is 16.1. The molecule has 1 heterocycles. The second-order valence-electron chi connectivity index (χ2n) is 6.47. The Morgan fingerprint density at radius 2 is 2.08 bits per heavy atom. The number of hydrogen-bond donors (Lipinski definition) is 2. The van der Waals surface area contributed by atoms with Crippen LogP contribution >= 0.6 is 0 Å². The Bertz CT molecular complexity index is 744. The molecule has 2 N–H and O–H groups in total. The van der Waals surface area contributed by atoms with Crippen molar-refractivity contribution in [1.29, 1.82) is 0 Å². The number of hydrogen-bond acceptors (Lipinski definition) is 4. The lowest BCUT2D eigenvalue weighted by molar-refractivity contribution is -0.141. The summed E-state index contributed by atoms with van der Waals surface area (Å²) < 4.78 is 5.30. The molecule has 3 rings (SSSR count). The summed E-state index contributed by atoms with van der Waals surface area (Å²) >= 11 is 0. The van der Waals surface area contributed by atoms with E-state index in [2.05, 4.69) is 10.3 Å². The van der Waals surface area contributed by atoms with E-state index in [1.807, 2.05) is 30.5 Å². The van der Waals surface area contributed by atoms with Gasteiger partial charge in [-0.25, -0.2) is 4.98 Å². The number of pyridine rings is 1. The van der Waals surface area contributed by atoms with Crippen LogP contribution in [0, 0.1) is 0 Å². The lowest BCUT2D eigenvalue weighted by atomic mass is 9.90. The van der Waals surface area contributed by atoms with E-state index < -0.39 is 11.5 Å². The maximum absolute atomic E-state index is 12.7. The van der Waals surface area contributed by atoms with Crippen molar-refractivity contribution in [2.45, 2.75) is 44.2 Å². The van der Waals surface area contributed by atoms with Crippen molar-refractivity contribution in [2.75, 3.05) is 7.11 Å². The standard InChI is InChI=1S/C20H24N2O3/c1-3-20(24,17-7-5-4-6-8-17)19(23)22-13-16-11-15(14-9-10-14)12-21-18(16)25-2/h4-8,11-12,14,24H,3,9-10,13H2,1-2H3,(H,22,23). The summed E-state index contributed by atoms with van der Waals surface area (Å²) in [4.78, 5) is 17.0. The molecule has 0 spiro atoms. The van der Waals surface area contributed by atoms with Crippen LogP contribution in [-0.4, -0.2) is 23.1 Å². The molecule has 1 saturated carbocycles. The van der Waals surface area contributed by atoms with Gasteiger partial charge in [0.1, 0.15) is 0 Å². The fourth-order valence-corrected chi connectivity index (χ4v) is 3.00. The van der Waals surface area contributed by atoms with Crippen LogP contribution in [0.5, 0.6) is 5.88 Å². The summed E-state index contributed by atoms with van der Waals surface area (Å²) in [6, 6.07) is 11.1. The van der Waals surface area contributed by atoms with E-state index in [0.717, 1.165) is 5.56 Å². The highest BCUT2D eigenvalue weighted by molar-refractivity contribution is 5.86. The average molecular weight is 340 g/mol. The summed E-state index contributed by atoms with van der Waals surface area (Å²) in [5, 5.41) is 13.7. The Kier molecular flexibility index (Phi) is 5.04. The molecule has 25 heavy (non-hydrogen) atoms. The number of carbonyl (C=O) groups excluding carboxylic acids is 1. The summed E-state index contributed by atoms with van der Waals surface area (Å²) in [7, 11) is 1.57. The Balaban J connectivity index is 1.76. The van der Waals surface area contributed by atoms with Gasteiger partial charge in [0, 0.05) is 18.3 Å². The average Bonchev–Trinajstić information content (AvgIpc) is 3.51. The lowest BCUT2D eigenvalue weighted by Crippen LogP contribution is -2.43. The number of nitrogens with zero attached hydrogens (tertiary/aromatic N) is 1. The zero-order valence-corrected chi connectivity index (χ0v) is 14.7. The van der Waals surface area contributed by atoms with Crippen LogP contribution < -0.4 is 10.1 Å². The topological polar surface area (TPSA) is 71.5 Å². The molecule has 1 aromatic carbocycles. The van der Waals surface area contributed by atoms with Gasteiger partial charge in [-0.1, -0.05) is 37.3 Å². The minimum absolute atomic E-state index is 0.269. The highest BCUT2D eigenvalue weighted by atomic mass is 16.5. The second kappa shape index (κ2) is 7.23. The zero-order chi connectivity index (χ0) is 17.9. The van der Waals surface area contributed by atoms with Gasteiger partial charge in [-0.05, 0) is 42.4 Å².